The van der Waals surface area contributed by atoms with Crippen LogP contribution >= 0.6 is 0 Å². The zero-order valence-corrected chi connectivity index (χ0v) is 7.82. The standard InChI is InChI=1S/C10H11N3O/c1-14-8-3-4-9-7(6-8)2-5-10(12-9)13-11/h2-6H,11H2,1H3,(H,12,13). The highest BCUT2D eigenvalue weighted by Crippen LogP contribution is 2.20. The second kappa shape index (κ2) is 3.51. The monoisotopic (exact) mass is 189 g/mol. The fourth-order valence-corrected chi connectivity index (χ4v) is 1.31. The highest BCUT2D eigenvalue weighted by molar-refractivity contribution is 5.81. The van der Waals surface area contributed by atoms with Gasteiger partial charge < -0.3 is 10.2 Å². The van der Waals surface area contributed by atoms with Gasteiger partial charge in [0.25, 0.3) is 0 Å². The van der Waals surface area contributed by atoms with Crippen LogP contribution in [0, 0.1) is 0 Å². The summed E-state index contributed by atoms with van der Waals surface area (Å²) < 4.78 is 5.11. The number of pyridine rings is 1. The number of ether oxygens (including phenoxy) is 1. The smallest absolute Gasteiger partial charge is 0.140 e. The first-order valence-electron chi connectivity index (χ1n) is 4.25. The lowest BCUT2D eigenvalue weighted by Crippen LogP contribution is -2.08. The van der Waals surface area contributed by atoms with E-state index < -0.39 is 0 Å². The Kier molecular flexibility index (Phi) is 2.20. The molecule has 0 aliphatic carbocycles. The molecule has 0 atom stereocenters. The fourth-order valence-electron chi connectivity index (χ4n) is 1.31. The summed E-state index contributed by atoms with van der Waals surface area (Å²) in [7, 11) is 1.64. The van der Waals surface area contributed by atoms with Gasteiger partial charge in [-0.15, -0.1) is 0 Å². The van der Waals surface area contributed by atoms with Crippen LogP contribution in [-0.2, 0) is 0 Å². The molecule has 4 nitrogen and oxygen atoms in total. The summed E-state index contributed by atoms with van der Waals surface area (Å²) in [5.74, 6) is 6.74. The van der Waals surface area contributed by atoms with E-state index in [4.69, 9.17) is 10.6 Å². The average Bonchev–Trinajstić information content (AvgIpc) is 2.27. The summed E-state index contributed by atoms with van der Waals surface area (Å²) in [5, 5.41) is 1.03. The number of aromatic nitrogens is 1. The number of methoxy groups -OCH3 is 1. The quantitative estimate of drug-likeness (QED) is 0.555. The number of rotatable bonds is 2. The zero-order chi connectivity index (χ0) is 9.97. The number of nitrogens with two attached hydrogens (primary N) is 1. The van der Waals surface area contributed by atoms with Gasteiger partial charge in [-0.25, -0.2) is 10.8 Å². The van der Waals surface area contributed by atoms with Crippen LogP contribution < -0.4 is 16.0 Å². The second-order valence-corrected chi connectivity index (χ2v) is 2.90. The van der Waals surface area contributed by atoms with E-state index in [1.807, 2.05) is 30.3 Å². The molecule has 1 aromatic carbocycles. The third-order valence-corrected chi connectivity index (χ3v) is 2.04. The van der Waals surface area contributed by atoms with Crippen molar-refractivity contribution in [1.29, 1.82) is 0 Å². The molecule has 0 radical (unpaired) electrons. The van der Waals surface area contributed by atoms with Crippen molar-refractivity contribution in [2.24, 2.45) is 5.84 Å². The van der Waals surface area contributed by atoms with E-state index in [0.717, 1.165) is 16.7 Å². The van der Waals surface area contributed by atoms with Gasteiger partial charge in [0.2, 0.25) is 0 Å². The maximum atomic E-state index is 5.26. The van der Waals surface area contributed by atoms with E-state index in [-0.39, 0.29) is 0 Å². The molecule has 2 aromatic rings. The van der Waals surface area contributed by atoms with Crippen molar-refractivity contribution in [3.63, 3.8) is 0 Å². The SMILES string of the molecule is COc1ccc2nc(NN)ccc2c1. The Morgan fingerprint density at radius 3 is 2.86 bits per heavy atom. The van der Waals surface area contributed by atoms with E-state index in [1.54, 1.807) is 7.11 Å². The molecule has 0 fully saturated rings. The molecule has 4 heteroatoms. The van der Waals surface area contributed by atoms with Crippen LogP contribution in [0.5, 0.6) is 5.75 Å². The van der Waals surface area contributed by atoms with Gasteiger partial charge >= 0.3 is 0 Å². The van der Waals surface area contributed by atoms with Crippen LogP contribution in [-0.4, -0.2) is 12.1 Å². The van der Waals surface area contributed by atoms with Gasteiger partial charge in [-0.3, -0.25) is 0 Å². The zero-order valence-electron chi connectivity index (χ0n) is 7.82. The topological polar surface area (TPSA) is 60.2 Å². The summed E-state index contributed by atoms with van der Waals surface area (Å²) in [6.45, 7) is 0. The number of nitrogen functional groups attached to an aromatic ring is 1. The van der Waals surface area contributed by atoms with E-state index in [1.165, 1.54) is 0 Å². The van der Waals surface area contributed by atoms with Gasteiger partial charge in [0.1, 0.15) is 11.6 Å². The van der Waals surface area contributed by atoms with Gasteiger partial charge in [-0.2, -0.15) is 0 Å². The van der Waals surface area contributed by atoms with Crippen molar-refractivity contribution >= 4 is 16.7 Å². The van der Waals surface area contributed by atoms with Crippen molar-refractivity contribution in [3.8, 4) is 5.75 Å². The van der Waals surface area contributed by atoms with Crippen molar-refractivity contribution < 1.29 is 4.74 Å². The fraction of sp³-hybridized carbons (Fsp3) is 0.100. The second-order valence-electron chi connectivity index (χ2n) is 2.90. The van der Waals surface area contributed by atoms with Gasteiger partial charge in [0.05, 0.1) is 12.6 Å². The van der Waals surface area contributed by atoms with Crippen LogP contribution in [0.3, 0.4) is 0 Å². The van der Waals surface area contributed by atoms with Crippen LogP contribution in [0.1, 0.15) is 0 Å². The summed E-state index contributed by atoms with van der Waals surface area (Å²) in [5.41, 5.74) is 3.40. The third kappa shape index (κ3) is 1.47. The minimum Gasteiger partial charge on any atom is -0.497 e. The number of nitrogens with zero attached hydrogens (tertiary/aromatic N) is 1. The van der Waals surface area contributed by atoms with Crippen molar-refractivity contribution in [2.45, 2.75) is 0 Å². The molecule has 1 heterocycles. The molecule has 0 bridgehead atoms. The molecule has 3 N–H and O–H groups in total. The lowest BCUT2D eigenvalue weighted by molar-refractivity contribution is 0.415. The normalized spacial score (nSPS) is 10.1. The molecule has 0 amide bonds. The molecule has 0 aliphatic heterocycles. The van der Waals surface area contributed by atoms with Gasteiger partial charge in [-0.05, 0) is 30.3 Å². The van der Waals surface area contributed by atoms with Crippen molar-refractivity contribution in [2.75, 3.05) is 12.5 Å². The van der Waals surface area contributed by atoms with Gasteiger partial charge in [0.15, 0.2) is 0 Å². The molecule has 0 unspecified atom stereocenters. The van der Waals surface area contributed by atoms with Gasteiger partial charge in [0, 0.05) is 5.39 Å². The molecular weight excluding hydrogens is 178 g/mol. The molecule has 1 aromatic heterocycles. The molecule has 0 saturated heterocycles. The Balaban J connectivity index is 2.57. The molecule has 2 rings (SSSR count). The van der Waals surface area contributed by atoms with Crippen LogP contribution in [0.2, 0.25) is 0 Å². The number of benzene rings is 1. The molecule has 14 heavy (non-hydrogen) atoms. The molecular formula is C10H11N3O. The summed E-state index contributed by atoms with van der Waals surface area (Å²) in [6.07, 6.45) is 0. The maximum absolute atomic E-state index is 5.26. The Labute approximate surface area is 81.7 Å². The number of nitrogens with one attached hydrogen (secondary N) is 1. The molecule has 72 valence electrons. The van der Waals surface area contributed by atoms with E-state index >= 15 is 0 Å². The van der Waals surface area contributed by atoms with Crippen LogP contribution in [0.4, 0.5) is 5.82 Å². The Bertz CT molecular complexity index is 413. The molecule has 0 spiro atoms. The summed E-state index contributed by atoms with van der Waals surface area (Å²) in [6, 6.07) is 9.47. The largest absolute Gasteiger partial charge is 0.497 e. The van der Waals surface area contributed by atoms with E-state index in [2.05, 4.69) is 10.4 Å². The number of hydrogen-bond donors (Lipinski definition) is 2. The summed E-state index contributed by atoms with van der Waals surface area (Å²) >= 11 is 0. The Morgan fingerprint density at radius 2 is 2.14 bits per heavy atom. The Hall–Kier alpha value is -1.81. The average molecular weight is 189 g/mol. The first kappa shape index (κ1) is 8.77. The number of hydrogen-bond acceptors (Lipinski definition) is 4. The molecule has 0 aliphatic rings. The minimum atomic E-state index is 0.655. The van der Waals surface area contributed by atoms with Crippen molar-refractivity contribution in [1.82, 2.24) is 4.98 Å². The highest BCUT2D eigenvalue weighted by Gasteiger charge is 1.98. The first-order chi connectivity index (χ1) is 6.83. The van der Waals surface area contributed by atoms with E-state index in [9.17, 15) is 0 Å². The Morgan fingerprint density at radius 1 is 1.29 bits per heavy atom. The number of anilines is 1. The van der Waals surface area contributed by atoms with E-state index in [0.29, 0.717) is 5.82 Å². The third-order valence-electron chi connectivity index (χ3n) is 2.04. The van der Waals surface area contributed by atoms with Crippen LogP contribution in [0.25, 0.3) is 10.9 Å². The van der Waals surface area contributed by atoms with Crippen molar-refractivity contribution in [3.05, 3.63) is 30.3 Å². The highest BCUT2D eigenvalue weighted by atomic mass is 16.5. The number of fused-ring (bicyclic) bond motifs is 1. The van der Waals surface area contributed by atoms with Gasteiger partial charge in [-0.1, -0.05) is 0 Å². The lowest BCUT2D eigenvalue weighted by Gasteiger charge is -2.03. The minimum absolute atomic E-state index is 0.655. The first-order valence-corrected chi connectivity index (χ1v) is 4.25. The number of hydrazine groups is 1. The lowest BCUT2D eigenvalue weighted by atomic mass is 10.2. The maximum Gasteiger partial charge on any atom is 0.140 e. The molecule has 0 saturated carbocycles. The predicted molar refractivity (Wildman–Crippen MR) is 56.1 cm³/mol. The van der Waals surface area contributed by atoms with Crippen LogP contribution in [0.15, 0.2) is 30.3 Å². The predicted octanol–water partition coefficient (Wildman–Crippen LogP) is 1.53. The summed E-state index contributed by atoms with van der Waals surface area (Å²) in [4.78, 5) is 4.28.